The lowest BCUT2D eigenvalue weighted by molar-refractivity contribution is 0.556. The van der Waals surface area contributed by atoms with E-state index in [0.717, 1.165) is 44.9 Å². The van der Waals surface area contributed by atoms with Gasteiger partial charge in [0.1, 0.15) is 0 Å². The largest absolute Gasteiger partial charge is 0.310 e. The minimum absolute atomic E-state index is 1.11. The molecule has 0 unspecified atom stereocenters. The van der Waals surface area contributed by atoms with Crippen molar-refractivity contribution in [2.45, 2.75) is 492 Å². The van der Waals surface area contributed by atoms with Crippen LogP contribution in [0.15, 0.2) is 121 Å². The lowest BCUT2D eigenvalue weighted by Gasteiger charge is -2.31. The molecule has 0 saturated heterocycles. The van der Waals surface area contributed by atoms with Crippen LogP contribution in [0.1, 0.15) is 486 Å². The fraction of sp³-hybridized carbons (Fsp3) is 0.585. The van der Waals surface area contributed by atoms with E-state index in [4.69, 9.17) is 0 Å². The summed E-state index contributed by atoms with van der Waals surface area (Å²) in [5, 5.41) is 36.8. The Bertz CT molecular complexity index is 5430. The summed E-state index contributed by atoms with van der Waals surface area (Å²) in [5.41, 5.74) is 14.5. The van der Waals surface area contributed by atoms with E-state index in [1.54, 1.807) is 75.9 Å². The molecule has 0 aliphatic rings. The highest BCUT2D eigenvalue weighted by Crippen LogP contribution is 2.62. The van der Waals surface area contributed by atoms with Gasteiger partial charge in [-0.2, -0.15) is 0 Å². The summed E-state index contributed by atoms with van der Waals surface area (Å²) in [4.78, 5) is 2.73. The zero-order chi connectivity index (χ0) is 90.1. The molecule has 1 nitrogen and oxygen atoms in total. The summed E-state index contributed by atoms with van der Waals surface area (Å²) in [6, 6.07) is 53.9. The van der Waals surface area contributed by atoms with E-state index in [1.165, 1.54) is 507 Å². The first-order valence-electron chi connectivity index (χ1n) is 57.2. The molecule has 15 aromatic carbocycles. The van der Waals surface area contributed by atoms with Gasteiger partial charge in [-0.3, -0.25) is 0 Å². The molecule has 0 aliphatic heterocycles. The van der Waals surface area contributed by atoms with Crippen LogP contribution in [0.5, 0.6) is 0 Å². The number of benzene rings is 15. The molecular weight excluding hydrogens is 1580 g/mol. The van der Waals surface area contributed by atoms with Crippen LogP contribution in [0.3, 0.4) is 0 Å². The van der Waals surface area contributed by atoms with Crippen molar-refractivity contribution in [3.63, 3.8) is 0 Å². The van der Waals surface area contributed by atoms with Gasteiger partial charge in [-0.15, -0.1) is 0 Å². The first-order valence-corrected chi connectivity index (χ1v) is 57.2. The summed E-state index contributed by atoms with van der Waals surface area (Å²) >= 11 is 0. The number of rotatable bonds is 72. The van der Waals surface area contributed by atoms with E-state index < -0.39 is 0 Å². The van der Waals surface area contributed by atoms with Crippen LogP contribution < -0.4 is 4.90 Å². The maximum atomic E-state index is 2.82. The highest BCUT2D eigenvalue weighted by molar-refractivity contribution is 6.61. The predicted octanol–water partition coefficient (Wildman–Crippen LogP) is 43.7. The normalized spacial score (nSPS) is 12.5. The Balaban J connectivity index is 0.983. The zero-order valence-electron chi connectivity index (χ0n) is 84.8. The minimum Gasteiger partial charge on any atom is -0.310 e. The number of anilines is 3. The first-order chi connectivity index (χ1) is 64.9. The molecule has 0 aliphatic carbocycles. The Morgan fingerprint density at radius 1 is 0.122 bits per heavy atom. The van der Waals surface area contributed by atoms with Crippen molar-refractivity contribution in [1.29, 1.82) is 0 Å². The lowest BCUT2D eigenvalue weighted by atomic mass is 9.72. The molecule has 0 spiro atoms. The Morgan fingerprint density at radius 3 is 0.405 bits per heavy atom. The second kappa shape index (κ2) is 52.2. The van der Waals surface area contributed by atoms with Gasteiger partial charge in [-0.1, -0.05) is 487 Å². The molecule has 15 aromatic rings. The van der Waals surface area contributed by atoms with Crippen molar-refractivity contribution in [2.75, 3.05) is 4.90 Å². The maximum absolute atomic E-state index is 2.82. The number of hydrogen-bond donors (Lipinski definition) is 0. The molecule has 131 heavy (non-hydrogen) atoms. The van der Waals surface area contributed by atoms with Gasteiger partial charge in [0, 0.05) is 17.1 Å². The van der Waals surface area contributed by atoms with Gasteiger partial charge in [0.25, 0.3) is 0 Å². The van der Waals surface area contributed by atoms with Crippen molar-refractivity contribution < 1.29 is 0 Å². The summed E-state index contributed by atoms with van der Waals surface area (Å²) in [7, 11) is 0. The molecule has 704 valence electrons. The Kier molecular flexibility index (Phi) is 39.2. The van der Waals surface area contributed by atoms with Gasteiger partial charge < -0.3 is 4.90 Å². The van der Waals surface area contributed by atoms with Crippen LogP contribution in [0, 0.1) is 0 Å². The van der Waals surface area contributed by atoms with Gasteiger partial charge in [0.05, 0.1) is 0 Å². The first kappa shape index (κ1) is 98.3. The standard InChI is InChI=1S/C130H179N/c1-8-15-22-29-36-41-46-51-58-65-72-99-85-107-109-87-100(73-66-59-52-47-42-37-30-23-16-9-2)89-111-113-91-102(75-68-61-54-49-44-39-32-25-18-11-4)93-115-117-95-106(131(104-81-77-97(78-82-104)70-63-56-34-27-20-13-6)105-83-79-98(80-84-105)71-64-57-35-28-21-14-7)96-118-116-94-103(76-69-62-55-50-45-40-33-26-19-12-5)92-114-112-90-101(74-67-60-53-48-43-38-31-24-17-10-3)88-110-108(86-99)119(107)125-126(120(109)111)128(122(113)115)130(124(117)118)129(123(114)116)127(125)121(110)112/h77-96H,8-76H2,1-7H3. The molecule has 0 N–H and O–H groups in total. The van der Waals surface area contributed by atoms with Crippen LogP contribution in [-0.4, -0.2) is 0 Å². The molecule has 0 atom stereocenters. The molecule has 0 aromatic heterocycles. The number of nitrogens with zero attached hydrogens (tertiary/aromatic N) is 1. The molecule has 0 radical (unpaired) electrons. The van der Waals surface area contributed by atoms with Gasteiger partial charge in [0.2, 0.25) is 0 Å². The van der Waals surface area contributed by atoms with E-state index in [1.807, 2.05) is 0 Å². The third kappa shape index (κ3) is 24.8. The van der Waals surface area contributed by atoms with Gasteiger partial charge in [-0.25, -0.2) is 0 Å². The number of fused-ring (bicyclic) bond motifs is 6. The lowest BCUT2D eigenvalue weighted by Crippen LogP contribution is -2.11. The van der Waals surface area contributed by atoms with Gasteiger partial charge >= 0.3 is 0 Å². The fourth-order valence-corrected chi connectivity index (χ4v) is 24.8. The molecule has 0 fully saturated rings. The van der Waals surface area contributed by atoms with Gasteiger partial charge in [-0.05, 0) is 295 Å². The van der Waals surface area contributed by atoms with E-state index >= 15 is 0 Å². The topological polar surface area (TPSA) is 3.24 Å². The minimum atomic E-state index is 1.11. The second-order valence-corrected chi connectivity index (χ2v) is 42.9. The molecular formula is C130H179N. The van der Waals surface area contributed by atoms with Crippen LogP contribution >= 0.6 is 0 Å². The van der Waals surface area contributed by atoms with E-state index in [-0.39, 0.29) is 0 Å². The van der Waals surface area contributed by atoms with Crippen LogP contribution in [0.2, 0.25) is 0 Å². The Hall–Kier alpha value is -7.22. The van der Waals surface area contributed by atoms with Crippen LogP contribution in [0.25, 0.3) is 129 Å². The van der Waals surface area contributed by atoms with E-state index in [9.17, 15) is 0 Å². The smallest absolute Gasteiger partial charge is 0.0474 e. The van der Waals surface area contributed by atoms with Crippen molar-refractivity contribution in [2.24, 2.45) is 0 Å². The van der Waals surface area contributed by atoms with Crippen LogP contribution in [0.4, 0.5) is 17.1 Å². The monoisotopic (exact) mass is 1750 g/mol. The predicted molar refractivity (Wildman–Crippen MR) is 590 cm³/mol. The molecule has 0 saturated carbocycles. The van der Waals surface area contributed by atoms with E-state index in [2.05, 4.69) is 175 Å². The zero-order valence-corrected chi connectivity index (χ0v) is 84.8. The molecule has 15 rings (SSSR count). The molecule has 0 heterocycles. The molecule has 0 amide bonds. The van der Waals surface area contributed by atoms with Crippen LogP contribution in [-0.2, 0) is 44.9 Å². The Labute approximate surface area is 797 Å². The van der Waals surface area contributed by atoms with Crippen molar-refractivity contribution in [1.82, 2.24) is 0 Å². The molecule has 1 heteroatoms. The van der Waals surface area contributed by atoms with Crippen molar-refractivity contribution >= 4 is 146 Å². The number of hydrogen-bond acceptors (Lipinski definition) is 1. The summed E-state index contributed by atoms with van der Waals surface area (Å²) in [6.45, 7) is 16.5. The maximum Gasteiger partial charge on any atom is 0.0474 e. The highest BCUT2D eigenvalue weighted by atomic mass is 15.1. The Morgan fingerprint density at radius 2 is 0.252 bits per heavy atom. The fourth-order valence-electron chi connectivity index (χ4n) is 24.8. The van der Waals surface area contributed by atoms with Crippen molar-refractivity contribution in [3.8, 4) is 0 Å². The number of unbranched alkanes of at least 4 members (excludes halogenated alkanes) is 55. The number of aryl methyl sites for hydroxylation is 7. The summed E-state index contributed by atoms with van der Waals surface area (Å²) in [6.07, 6.45) is 91.7. The summed E-state index contributed by atoms with van der Waals surface area (Å²) < 4.78 is 0. The van der Waals surface area contributed by atoms with Crippen molar-refractivity contribution in [3.05, 3.63) is 160 Å². The summed E-state index contributed by atoms with van der Waals surface area (Å²) in [5.74, 6) is 0. The third-order valence-corrected chi connectivity index (χ3v) is 32.2. The SMILES string of the molecule is CCCCCCCCCCCCc1cc2c3cc(CCCCCCCCCCCC)cc4c5cc(CCCCCCCCCCCC)cc6c7cc(N(c8ccc(CCCCCCCC)cc8)c8ccc(CCCCCCCC)cc8)cc8c9cc(CCCCCCCCCCCC)cc%10c%11cc(CCCCCCCCCCCC)cc%12c(c1)c2c1c(c34)c(c56)c(c78)c(c%109)c1c%12%11. The average molecular weight is 1760 g/mol. The second-order valence-electron chi connectivity index (χ2n) is 42.9. The van der Waals surface area contributed by atoms with E-state index in [0.29, 0.717) is 0 Å². The average Bonchev–Trinajstić information content (AvgIpc) is 0.640. The molecule has 0 bridgehead atoms. The van der Waals surface area contributed by atoms with Gasteiger partial charge in [0.15, 0.2) is 0 Å². The highest BCUT2D eigenvalue weighted by Gasteiger charge is 2.34. The third-order valence-electron chi connectivity index (χ3n) is 32.2. The quantitative estimate of drug-likeness (QED) is 0.0209.